The van der Waals surface area contributed by atoms with Crippen LogP contribution in [0, 0.1) is 11.3 Å². The van der Waals surface area contributed by atoms with Crippen LogP contribution in [0.3, 0.4) is 0 Å². The molecule has 0 aliphatic carbocycles. The van der Waals surface area contributed by atoms with E-state index in [0.29, 0.717) is 15.7 Å². The zero-order valence-corrected chi connectivity index (χ0v) is 12.1. The number of halogens is 4. The highest BCUT2D eigenvalue weighted by Crippen LogP contribution is 2.36. The van der Waals surface area contributed by atoms with Crippen molar-refractivity contribution in [3.8, 4) is 6.07 Å². The van der Waals surface area contributed by atoms with Gasteiger partial charge in [-0.1, -0.05) is 0 Å². The second-order valence-electron chi connectivity index (χ2n) is 4.23. The first-order valence-electron chi connectivity index (χ1n) is 5.74. The van der Waals surface area contributed by atoms with E-state index >= 15 is 0 Å². The highest BCUT2D eigenvalue weighted by Gasteiger charge is 2.30. The molecule has 0 unspecified atom stereocenters. The van der Waals surface area contributed by atoms with Gasteiger partial charge < -0.3 is 11.1 Å². The van der Waals surface area contributed by atoms with Gasteiger partial charge in [-0.3, -0.25) is 0 Å². The van der Waals surface area contributed by atoms with Crippen molar-refractivity contribution < 1.29 is 13.2 Å². The summed E-state index contributed by atoms with van der Waals surface area (Å²) in [5.74, 6) is 0. The van der Waals surface area contributed by atoms with Gasteiger partial charge in [-0.05, 0) is 52.3 Å². The average Bonchev–Trinajstić information content (AvgIpc) is 2.42. The lowest BCUT2D eigenvalue weighted by molar-refractivity contribution is -0.137. The molecule has 7 heteroatoms. The molecule has 0 radical (unpaired) electrons. The Hall–Kier alpha value is -2.20. The fourth-order valence-electron chi connectivity index (χ4n) is 1.69. The monoisotopic (exact) mass is 355 g/mol. The van der Waals surface area contributed by atoms with Crippen LogP contribution in [0.2, 0.25) is 0 Å². The molecular formula is C14H9BrF3N3. The van der Waals surface area contributed by atoms with Crippen LogP contribution in [-0.4, -0.2) is 0 Å². The highest BCUT2D eigenvalue weighted by atomic mass is 79.9. The van der Waals surface area contributed by atoms with Crippen molar-refractivity contribution in [2.24, 2.45) is 0 Å². The molecule has 0 atom stereocenters. The molecule has 2 aromatic carbocycles. The normalized spacial score (nSPS) is 11.0. The van der Waals surface area contributed by atoms with Crippen LogP contribution in [-0.2, 0) is 6.18 Å². The minimum Gasteiger partial charge on any atom is -0.397 e. The molecule has 0 aliphatic heterocycles. The van der Waals surface area contributed by atoms with E-state index in [1.54, 1.807) is 6.07 Å². The Kier molecular flexibility index (Phi) is 4.09. The van der Waals surface area contributed by atoms with E-state index in [-0.39, 0.29) is 11.4 Å². The highest BCUT2D eigenvalue weighted by molar-refractivity contribution is 9.10. The van der Waals surface area contributed by atoms with Crippen LogP contribution in [0.25, 0.3) is 0 Å². The van der Waals surface area contributed by atoms with Gasteiger partial charge >= 0.3 is 6.18 Å². The number of benzene rings is 2. The van der Waals surface area contributed by atoms with E-state index in [2.05, 4.69) is 21.2 Å². The molecule has 0 aliphatic rings. The molecule has 0 spiro atoms. The fourth-order valence-corrected chi connectivity index (χ4v) is 2.03. The third kappa shape index (κ3) is 3.47. The topological polar surface area (TPSA) is 61.8 Å². The number of anilines is 3. The van der Waals surface area contributed by atoms with E-state index in [9.17, 15) is 13.2 Å². The molecule has 0 saturated carbocycles. The Morgan fingerprint density at radius 1 is 1.10 bits per heavy atom. The van der Waals surface area contributed by atoms with Crippen LogP contribution < -0.4 is 11.1 Å². The van der Waals surface area contributed by atoms with Crippen LogP contribution in [0.1, 0.15) is 11.1 Å². The maximum atomic E-state index is 12.7. The van der Waals surface area contributed by atoms with Gasteiger partial charge in [-0.25, -0.2) is 0 Å². The van der Waals surface area contributed by atoms with Gasteiger partial charge in [0.2, 0.25) is 0 Å². The van der Waals surface area contributed by atoms with Gasteiger partial charge in [0, 0.05) is 4.47 Å². The van der Waals surface area contributed by atoms with Crippen LogP contribution in [0.5, 0.6) is 0 Å². The van der Waals surface area contributed by atoms with Gasteiger partial charge in [0.05, 0.1) is 34.3 Å². The molecule has 0 bridgehead atoms. The smallest absolute Gasteiger partial charge is 0.397 e. The molecule has 3 nitrogen and oxygen atoms in total. The van der Waals surface area contributed by atoms with Gasteiger partial charge in [0.1, 0.15) is 0 Å². The number of hydrogen-bond donors (Lipinski definition) is 2. The van der Waals surface area contributed by atoms with E-state index in [1.165, 1.54) is 18.2 Å². The summed E-state index contributed by atoms with van der Waals surface area (Å²) in [7, 11) is 0. The number of nitrogens with two attached hydrogens (primary N) is 1. The zero-order valence-electron chi connectivity index (χ0n) is 10.5. The van der Waals surface area contributed by atoms with Gasteiger partial charge in [-0.15, -0.1) is 0 Å². The lowest BCUT2D eigenvalue weighted by Gasteiger charge is -2.14. The molecule has 108 valence electrons. The maximum absolute atomic E-state index is 12.7. The third-order valence-corrected chi connectivity index (χ3v) is 3.44. The molecule has 0 heterocycles. The van der Waals surface area contributed by atoms with Crippen molar-refractivity contribution in [1.82, 2.24) is 0 Å². The van der Waals surface area contributed by atoms with Crippen LogP contribution in [0.4, 0.5) is 30.2 Å². The summed E-state index contributed by atoms with van der Waals surface area (Å²) >= 11 is 3.18. The second-order valence-corrected chi connectivity index (χ2v) is 5.09. The summed E-state index contributed by atoms with van der Waals surface area (Å²) in [6, 6.07) is 9.73. The number of alkyl halides is 3. The van der Waals surface area contributed by atoms with E-state index in [0.717, 1.165) is 12.1 Å². The molecule has 21 heavy (non-hydrogen) atoms. The summed E-state index contributed by atoms with van der Waals surface area (Å²) in [6.45, 7) is 0. The van der Waals surface area contributed by atoms with E-state index < -0.39 is 11.7 Å². The lowest BCUT2D eigenvalue weighted by atomic mass is 10.1. The Morgan fingerprint density at radius 2 is 1.81 bits per heavy atom. The fraction of sp³-hybridized carbons (Fsp3) is 0.0714. The largest absolute Gasteiger partial charge is 0.416 e. The quantitative estimate of drug-likeness (QED) is 0.769. The number of nitrogens with zero attached hydrogens (tertiary/aromatic N) is 1. The molecule has 0 amide bonds. The van der Waals surface area contributed by atoms with Crippen molar-refractivity contribution >= 4 is 33.0 Å². The Bertz CT molecular complexity index is 720. The van der Waals surface area contributed by atoms with E-state index in [4.69, 9.17) is 11.0 Å². The van der Waals surface area contributed by atoms with Crippen LogP contribution >= 0.6 is 15.9 Å². The molecule has 2 aromatic rings. The van der Waals surface area contributed by atoms with Crippen molar-refractivity contribution in [2.45, 2.75) is 6.18 Å². The van der Waals surface area contributed by atoms with Gasteiger partial charge in [-0.2, -0.15) is 18.4 Å². The van der Waals surface area contributed by atoms with Crippen molar-refractivity contribution in [3.63, 3.8) is 0 Å². The first kappa shape index (κ1) is 15.2. The Morgan fingerprint density at radius 3 is 2.38 bits per heavy atom. The third-order valence-electron chi connectivity index (χ3n) is 2.74. The lowest BCUT2D eigenvalue weighted by Crippen LogP contribution is -2.06. The summed E-state index contributed by atoms with van der Waals surface area (Å²) in [5, 5.41) is 11.6. The van der Waals surface area contributed by atoms with Gasteiger partial charge in [0.15, 0.2) is 0 Å². The average molecular weight is 356 g/mol. The molecule has 0 aromatic heterocycles. The van der Waals surface area contributed by atoms with Crippen molar-refractivity contribution in [2.75, 3.05) is 11.1 Å². The SMILES string of the molecule is N#Cc1ccc(Nc2cc(C(F)(F)F)ccc2Br)c(N)c1. The summed E-state index contributed by atoms with van der Waals surface area (Å²) in [6.07, 6.45) is -4.42. The summed E-state index contributed by atoms with van der Waals surface area (Å²) < 4.78 is 38.6. The number of nitrogens with one attached hydrogen (secondary N) is 1. The standard InChI is InChI=1S/C14H9BrF3N3/c15-10-3-2-9(14(16,17)18)6-13(10)21-12-4-1-8(7-19)5-11(12)20/h1-6,21H,20H2. The molecule has 3 N–H and O–H groups in total. The predicted molar refractivity (Wildman–Crippen MR) is 78.0 cm³/mol. The van der Waals surface area contributed by atoms with Gasteiger partial charge in [0.25, 0.3) is 0 Å². The predicted octanol–water partition coefficient (Wildman–Crippen LogP) is 4.67. The van der Waals surface area contributed by atoms with Crippen molar-refractivity contribution in [3.05, 3.63) is 52.0 Å². The second kappa shape index (κ2) is 5.66. The molecular weight excluding hydrogens is 347 g/mol. The van der Waals surface area contributed by atoms with Crippen LogP contribution in [0.15, 0.2) is 40.9 Å². The molecule has 0 fully saturated rings. The summed E-state index contributed by atoms with van der Waals surface area (Å²) in [4.78, 5) is 0. The molecule has 2 rings (SSSR count). The molecule has 0 saturated heterocycles. The first-order valence-corrected chi connectivity index (χ1v) is 6.54. The zero-order chi connectivity index (χ0) is 15.6. The number of rotatable bonds is 2. The minimum atomic E-state index is -4.42. The van der Waals surface area contributed by atoms with Crippen molar-refractivity contribution in [1.29, 1.82) is 5.26 Å². The Labute approximate surface area is 127 Å². The summed E-state index contributed by atoms with van der Waals surface area (Å²) in [5.41, 5.74) is 6.32. The number of hydrogen-bond acceptors (Lipinski definition) is 3. The van der Waals surface area contributed by atoms with E-state index in [1.807, 2.05) is 6.07 Å². The maximum Gasteiger partial charge on any atom is 0.416 e. The minimum absolute atomic E-state index is 0.237. The first-order chi connectivity index (χ1) is 9.81. The Balaban J connectivity index is 2.38. The number of nitriles is 1. The number of nitrogen functional groups attached to an aromatic ring is 1.